The molecule has 0 saturated heterocycles. The second-order valence-electron chi connectivity index (χ2n) is 5.27. The van der Waals surface area contributed by atoms with Crippen LogP contribution in [0.15, 0.2) is 41.8 Å². The van der Waals surface area contributed by atoms with Crippen LogP contribution in [0.2, 0.25) is 0 Å². The van der Waals surface area contributed by atoms with E-state index in [-0.39, 0.29) is 0 Å². The van der Waals surface area contributed by atoms with Gasteiger partial charge in [0.25, 0.3) is 10.0 Å². The monoisotopic (exact) mass is 427 g/mol. The van der Waals surface area contributed by atoms with Gasteiger partial charge in [-0.15, -0.1) is 0 Å². The van der Waals surface area contributed by atoms with Gasteiger partial charge in [0.05, 0.1) is 5.41 Å². The Labute approximate surface area is 145 Å². The molecule has 3 nitrogen and oxygen atoms in total. The van der Waals surface area contributed by atoms with E-state index in [4.69, 9.17) is 0 Å². The highest BCUT2D eigenvalue weighted by Gasteiger charge is 2.07. The van der Waals surface area contributed by atoms with Gasteiger partial charge in [-0.25, -0.2) is 8.42 Å². The maximum absolute atomic E-state index is 12.1. The van der Waals surface area contributed by atoms with Crippen molar-refractivity contribution in [1.82, 2.24) is 0 Å². The zero-order chi connectivity index (χ0) is 16.3. The number of hydrogen-bond donors (Lipinski definition) is 1. The van der Waals surface area contributed by atoms with Crippen LogP contribution in [0, 0.1) is 24.3 Å². The van der Waals surface area contributed by atoms with Gasteiger partial charge in [-0.3, -0.25) is 4.72 Å². The topological polar surface area (TPSA) is 46.2 Å². The maximum atomic E-state index is 12.1. The van der Waals surface area contributed by atoms with Gasteiger partial charge >= 0.3 is 0 Å². The summed E-state index contributed by atoms with van der Waals surface area (Å²) in [5.74, 6) is 0. The van der Waals surface area contributed by atoms with Crippen LogP contribution < -0.4 is 4.72 Å². The molecule has 0 atom stereocenters. The van der Waals surface area contributed by atoms with Crippen LogP contribution in [-0.2, 0) is 10.0 Å². The van der Waals surface area contributed by atoms with Gasteiger partial charge < -0.3 is 0 Å². The minimum absolute atomic E-state index is 0.558. The van der Waals surface area contributed by atoms with Crippen LogP contribution in [0.1, 0.15) is 22.3 Å². The van der Waals surface area contributed by atoms with E-state index in [0.29, 0.717) is 5.69 Å². The quantitative estimate of drug-likeness (QED) is 0.724. The lowest BCUT2D eigenvalue weighted by molar-refractivity contribution is 0.609. The number of rotatable bonds is 4. The molecular formula is C17H18INO2S. The van der Waals surface area contributed by atoms with Crippen molar-refractivity contribution in [1.29, 1.82) is 0 Å². The number of aryl methyl sites for hydroxylation is 3. The number of benzene rings is 2. The smallest absolute Gasteiger partial charge is 0.255 e. The predicted octanol–water partition coefficient (Wildman–Crippen LogP) is 4.63. The molecule has 2 rings (SSSR count). The van der Waals surface area contributed by atoms with E-state index < -0.39 is 10.0 Å². The van der Waals surface area contributed by atoms with Gasteiger partial charge in [0.15, 0.2) is 0 Å². The summed E-state index contributed by atoms with van der Waals surface area (Å²) < 4.78 is 27.9. The minimum atomic E-state index is -3.52. The molecule has 0 fully saturated rings. The van der Waals surface area contributed by atoms with Crippen LogP contribution in [0.4, 0.5) is 5.69 Å². The molecule has 1 N–H and O–H groups in total. The highest BCUT2D eigenvalue weighted by molar-refractivity contribution is 14.1. The fraction of sp³-hybridized carbons (Fsp3) is 0.176. The SMILES string of the molecule is Cc1cc(C)c(/C=C/S(=O)(=O)Nc2ccc(I)cc2)c(C)c1. The van der Waals surface area contributed by atoms with E-state index in [1.165, 1.54) is 11.0 Å². The van der Waals surface area contributed by atoms with Crippen molar-refractivity contribution < 1.29 is 8.42 Å². The van der Waals surface area contributed by atoms with Crippen molar-refractivity contribution in [2.75, 3.05) is 4.72 Å². The van der Waals surface area contributed by atoms with Gasteiger partial charge in [0.1, 0.15) is 0 Å². The number of sulfonamides is 1. The molecule has 0 radical (unpaired) electrons. The summed E-state index contributed by atoms with van der Waals surface area (Å²) in [7, 11) is -3.52. The largest absolute Gasteiger partial charge is 0.280 e. The van der Waals surface area contributed by atoms with Crippen molar-refractivity contribution in [3.8, 4) is 0 Å². The molecule has 0 aromatic heterocycles. The van der Waals surface area contributed by atoms with E-state index in [2.05, 4.69) is 27.3 Å². The van der Waals surface area contributed by atoms with Gasteiger partial charge in [-0.05, 0) is 90.4 Å². The van der Waals surface area contributed by atoms with Gasteiger partial charge in [0.2, 0.25) is 0 Å². The van der Waals surface area contributed by atoms with Gasteiger partial charge in [-0.1, -0.05) is 17.7 Å². The summed E-state index contributed by atoms with van der Waals surface area (Å²) in [5.41, 5.74) is 4.81. The Morgan fingerprint density at radius 3 is 2.09 bits per heavy atom. The van der Waals surface area contributed by atoms with Crippen molar-refractivity contribution in [2.24, 2.45) is 0 Å². The molecule has 116 valence electrons. The average Bonchev–Trinajstić information content (AvgIpc) is 2.40. The normalized spacial score (nSPS) is 11.8. The Balaban J connectivity index is 2.23. The first-order chi connectivity index (χ1) is 10.3. The van der Waals surface area contributed by atoms with Crippen molar-refractivity contribution in [3.05, 3.63) is 67.6 Å². The lowest BCUT2D eigenvalue weighted by Gasteiger charge is -2.08. The molecule has 0 aliphatic heterocycles. The number of anilines is 1. The van der Waals surface area contributed by atoms with Gasteiger partial charge in [0, 0.05) is 9.26 Å². The third kappa shape index (κ3) is 4.58. The Morgan fingerprint density at radius 1 is 1.00 bits per heavy atom. The standard InChI is InChI=1S/C17H18INO2S/c1-12-10-13(2)17(14(3)11-12)8-9-22(20,21)19-16-6-4-15(18)5-7-16/h4-11,19H,1-3H3/b9-8+. The third-order valence-electron chi connectivity index (χ3n) is 3.26. The Bertz CT molecular complexity index is 786. The molecule has 0 spiro atoms. The number of nitrogens with one attached hydrogen (secondary N) is 1. The summed E-state index contributed by atoms with van der Waals surface area (Å²) in [6.07, 6.45) is 1.65. The molecule has 0 bridgehead atoms. The molecule has 22 heavy (non-hydrogen) atoms. The minimum Gasteiger partial charge on any atom is -0.280 e. The molecule has 0 aliphatic rings. The highest BCUT2D eigenvalue weighted by atomic mass is 127. The summed E-state index contributed by atoms with van der Waals surface area (Å²) >= 11 is 2.18. The fourth-order valence-electron chi connectivity index (χ4n) is 2.33. The number of hydrogen-bond acceptors (Lipinski definition) is 2. The van der Waals surface area contributed by atoms with Crippen LogP contribution in [0.5, 0.6) is 0 Å². The molecule has 0 unspecified atom stereocenters. The van der Waals surface area contributed by atoms with Crippen LogP contribution in [0.3, 0.4) is 0 Å². The fourth-order valence-corrected chi connectivity index (χ4v) is 3.54. The first-order valence-corrected chi connectivity index (χ1v) is 9.44. The zero-order valence-electron chi connectivity index (χ0n) is 12.7. The second kappa shape index (κ2) is 6.83. The molecule has 2 aromatic carbocycles. The van der Waals surface area contributed by atoms with Crippen LogP contribution in [0.25, 0.3) is 6.08 Å². The molecule has 0 saturated carbocycles. The highest BCUT2D eigenvalue weighted by Crippen LogP contribution is 2.19. The van der Waals surface area contributed by atoms with Crippen LogP contribution in [-0.4, -0.2) is 8.42 Å². The second-order valence-corrected chi connectivity index (χ2v) is 8.08. The Morgan fingerprint density at radius 2 is 1.55 bits per heavy atom. The molecule has 0 amide bonds. The molecule has 2 aromatic rings. The first kappa shape index (κ1) is 17.0. The van der Waals surface area contributed by atoms with E-state index in [1.807, 2.05) is 45.0 Å². The maximum Gasteiger partial charge on any atom is 0.255 e. The first-order valence-electron chi connectivity index (χ1n) is 6.81. The summed E-state index contributed by atoms with van der Waals surface area (Å²) in [4.78, 5) is 0. The summed E-state index contributed by atoms with van der Waals surface area (Å²) in [6.45, 7) is 6.00. The third-order valence-corrected chi connectivity index (χ3v) is 4.99. The van der Waals surface area contributed by atoms with E-state index in [0.717, 1.165) is 20.3 Å². The van der Waals surface area contributed by atoms with Gasteiger partial charge in [-0.2, -0.15) is 0 Å². The van der Waals surface area contributed by atoms with Crippen LogP contribution >= 0.6 is 22.6 Å². The van der Waals surface area contributed by atoms with E-state index in [9.17, 15) is 8.42 Å². The summed E-state index contributed by atoms with van der Waals surface area (Å²) in [5, 5.41) is 1.22. The molecular weight excluding hydrogens is 409 g/mol. The molecule has 5 heteroatoms. The van der Waals surface area contributed by atoms with Crippen molar-refractivity contribution in [2.45, 2.75) is 20.8 Å². The summed E-state index contributed by atoms with van der Waals surface area (Å²) in [6, 6.07) is 11.3. The van der Waals surface area contributed by atoms with E-state index >= 15 is 0 Å². The Hall–Kier alpha value is -1.34. The molecule has 0 heterocycles. The average molecular weight is 427 g/mol. The lowest BCUT2D eigenvalue weighted by Crippen LogP contribution is -2.08. The van der Waals surface area contributed by atoms with Crippen molar-refractivity contribution in [3.63, 3.8) is 0 Å². The Kier molecular flexibility index (Phi) is 5.28. The van der Waals surface area contributed by atoms with Crippen molar-refractivity contribution >= 4 is 44.4 Å². The lowest BCUT2D eigenvalue weighted by atomic mass is 10.0. The predicted molar refractivity (Wildman–Crippen MR) is 101 cm³/mol. The molecule has 0 aliphatic carbocycles. The van der Waals surface area contributed by atoms with E-state index in [1.54, 1.807) is 18.2 Å². The zero-order valence-corrected chi connectivity index (χ0v) is 15.7. The number of halogens is 1.